The van der Waals surface area contributed by atoms with E-state index in [-0.39, 0.29) is 16.5 Å². The average molecular weight is 396 g/mol. The van der Waals surface area contributed by atoms with E-state index in [4.69, 9.17) is 0 Å². The second-order valence-electron chi connectivity index (χ2n) is 6.51. The Hall–Kier alpha value is -2.32. The van der Waals surface area contributed by atoms with Gasteiger partial charge in [0.05, 0.1) is 10.9 Å². The van der Waals surface area contributed by atoms with Crippen LogP contribution < -0.4 is 5.32 Å². The van der Waals surface area contributed by atoms with E-state index in [0.717, 1.165) is 12.1 Å². The van der Waals surface area contributed by atoms with Crippen molar-refractivity contribution in [1.29, 1.82) is 0 Å². The molecule has 8 heteroatoms. The minimum atomic E-state index is -3.63. The van der Waals surface area contributed by atoms with E-state index in [9.17, 15) is 22.0 Å². The van der Waals surface area contributed by atoms with Gasteiger partial charge in [-0.15, -0.1) is 0 Å². The minimum Gasteiger partial charge on any atom is -0.346 e. The van der Waals surface area contributed by atoms with Crippen molar-refractivity contribution in [2.75, 3.05) is 7.05 Å². The number of amides is 1. The second kappa shape index (κ2) is 8.14. The standard InChI is InChI=1S/C19H22F2N2O3S/c1-12(2)23(4)27(25,26)16-8-5-14(6-9-16)19(24)22-13(3)15-7-10-17(20)18(21)11-15/h5-13H,1-4H3,(H,22,24). The fraction of sp³-hybridized carbons (Fsp3) is 0.316. The van der Waals surface area contributed by atoms with Crippen LogP contribution in [0, 0.1) is 11.6 Å². The van der Waals surface area contributed by atoms with E-state index in [1.165, 1.54) is 41.7 Å². The van der Waals surface area contributed by atoms with Gasteiger partial charge in [-0.05, 0) is 62.7 Å². The molecule has 0 spiro atoms. The summed E-state index contributed by atoms with van der Waals surface area (Å²) >= 11 is 0. The smallest absolute Gasteiger partial charge is 0.251 e. The number of nitrogens with zero attached hydrogens (tertiary/aromatic N) is 1. The highest BCUT2D eigenvalue weighted by Gasteiger charge is 2.23. The predicted molar refractivity (Wildman–Crippen MR) is 98.8 cm³/mol. The van der Waals surface area contributed by atoms with Gasteiger partial charge in [0.1, 0.15) is 0 Å². The molecule has 146 valence electrons. The van der Waals surface area contributed by atoms with Gasteiger partial charge in [0.2, 0.25) is 10.0 Å². The van der Waals surface area contributed by atoms with E-state index >= 15 is 0 Å². The number of hydrogen-bond donors (Lipinski definition) is 1. The van der Waals surface area contributed by atoms with Crippen molar-refractivity contribution in [3.63, 3.8) is 0 Å². The third-order valence-electron chi connectivity index (χ3n) is 4.31. The number of hydrogen-bond acceptors (Lipinski definition) is 3. The lowest BCUT2D eigenvalue weighted by Crippen LogP contribution is -2.33. The first-order valence-corrected chi connectivity index (χ1v) is 9.82. The van der Waals surface area contributed by atoms with E-state index in [2.05, 4.69) is 5.32 Å². The number of nitrogens with one attached hydrogen (secondary N) is 1. The van der Waals surface area contributed by atoms with Crippen LogP contribution in [0.2, 0.25) is 0 Å². The second-order valence-corrected chi connectivity index (χ2v) is 8.51. The van der Waals surface area contributed by atoms with Crippen molar-refractivity contribution >= 4 is 15.9 Å². The SMILES string of the molecule is CC(NC(=O)c1ccc(S(=O)(=O)N(C)C(C)C)cc1)c1ccc(F)c(F)c1. The van der Waals surface area contributed by atoms with Gasteiger partial charge in [-0.1, -0.05) is 6.07 Å². The summed E-state index contributed by atoms with van der Waals surface area (Å²) in [5, 5.41) is 2.67. The topological polar surface area (TPSA) is 66.5 Å². The first kappa shape index (κ1) is 21.0. The fourth-order valence-electron chi connectivity index (χ4n) is 2.37. The number of benzene rings is 2. The molecule has 0 aromatic heterocycles. The van der Waals surface area contributed by atoms with Crippen LogP contribution in [-0.2, 0) is 10.0 Å². The Morgan fingerprint density at radius 2 is 1.59 bits per heavy atom. The molecule has 1 amide bonds. The summed E-state index contributed by atoms with van der Waals surface area (Å²) in [6.45, 7) is 5.17. The minimum absolute atomic E-state index is 0.0869. The van der Waals surface area contributed by atoms with Gasteiger partial charge < -0.3 is 5.32 Å². The molecule has 1 atom stereocenters. The van der Waals surface area contributed by atoms with Crippen LogP contribution >= 0.6 is 0 Å². The lowest BCUT2D eigenvalue weighted by atomic mass is 10.1. The van der Waals surface area contributed by atoms with Crippen LogP contribution in [0.3, 0.4) is 0 Å². The quantitative estimate of drug-likeness (QED) is 0.813. The monoisotopic (exact) mass is 396 g/mol. The number of halogens is 2. The van der Waals surface area contributed by atoms with E-state index in [0.29, 0.717) is 5.56 Å². The first-order chi connectivity index (χ1) is 12.5. The molecule has 0 aliphatic carbocycles. The zero-order valence-electron chi connectivity index (χ0n) is 15.5. The van der Waals surface area contributed by atoms with E-state index in [1.807, 2.05) is 0 Å². The summed E-state index contributed by atoms with van der Waals surface area (Å²) in [7, 11) is -2.14. The van der Waals surface area contributed by atoms with Gasteiger partial charge in [0.15, 0.2) is 11.6 Å². The predicted octanol–water partition coefficient (Wildman–Crippen LogP) is 3.48. The van der Waals surface area contributed by atoms with Crippen molar-refractivity contribution in [3.8, 4) is 0 Å². The zero-order valence-corrected chi connectivity index (χ0v) is 16.3. The summed E-state index contributed by atoms with van der Waals surface area (Å²) in [6.07, 6.45) is 0. The molecular formula is C19H22F2N2O3S. The molecule has 2 aromatic rings. The maximum Gasteiger partial charge on any atom is 0.251 e. The van der Waals surface area contributed by atoms with Gasteiger partial charge in [-0.3, -0.25) is 4.79 Å². The van der Waals surface area contributed by atoms with Crippen LogP contribution in [-0.4, -0.2) is 31.7 Å². The Morgan fingerprint density at radius 3 is 2.11 bits per heavy atom. The lowest BCUT2D eigenvalue weighted by Gasteiger charge is -2.21. The fourth-order valence-corrected chi connectivity index (χ4v) is 3.73. The molecule has 0 aliphatic rings. The summed E-state index contributed by atoms with van der Waals surface area (Å²) in [6, 6.07) is 8.22. The van der Waals surface area contributed by atoms with E-state index in [1.54, 1.807) is 20.8 Å². The third-order valence-corrected chi connectivity index (χ3v) is 6.36. The largest absolute Gasteiger partial charge is 0.346 e. The molecular weight excluding hydrogens is 374 g/mol. The van der Waals surface area contributed by atoms with Crippen molar-refractivity contribution in [1.82, 2.24) is 9.62 Å². The molecule has 0 saturated carbocycles. The van der Waals surface area contributed by atoms with Crippen molar-refractivity contribution < 1.29 is 22.0 Å². The Labute approximate surface area is 158 Å². The van der Waals surface area contributed by atoms with Gasteiger partial charge in [0.25, 0.3) is 5.91 Å². The Bertz CT molecular complexity index is 928. The summed E-state index contributed by atoms with van der Waals surface area (Å²) in [5.74, 6) is -2.40. The molecule has 2 aromatic carbocycles. The van der Waals surface area contributed by atoms with Crippen LogP contribution in [0.4, 0.5) is 8.78 Å². The molecule has 5 nitrogen and oxygen atoms in total. The highest BCUT2D eigenvalue weighted by molar-refractivity contribution is 7.89. The lowest BCUT2D eigenvalue weighted by molar-refractivity contribution is 0.0939. The highest BCUT2D eigenvalue weighted by Crippen LogP contribution is 2.19. The number of sulfonamides is 1. The Balaban J connectivity index is 2.14. The van der Waals surface area contributed by atoms with E-state index < -0.39 is 33.6 Å². The first-order valence-electron chi connectivity index (χ1n) is 8.38. The summed E-state index contributed by atoms with van der Waals surface area (Å²) in [4.78, 5) is 12.4. The van der Waals surface area contributed by atoms with Gasteiger partial charge >= 0.3 is 0 Å². The van der Waals surface area contributed by atoms with Crippen LogP contribution in [0.25, 0.3) is 0 Å². The maximum absolute atomic E-state index is 13.3. The normalized spacial score (nSPS) is 13.0. The van der Waals surface area contributed by atoms with Crippen molar-refractivity contribution in [2.45, 2.75) is 37.8 Å². The molecule has 0 saturated heterocycles. The Morgan fingerprint density at radius 1 is 1.00 bits per heavy atom. The van der Waals surface area contributed by atoms with Gasteiger partial charge in [0, 0.05) is 18.7 Å². The van der Waals surface area contributed by atoms with Crippen LogP contribution in [0.5, 0.6) is 0 Å². The van der Waals surface area contributed by atoms with Gasteiger partial charge in [-0.2, -0.15) is 4.31 Å². The Kier molecular flexibility index (Phi) is 6.33. The van der Waals surface area contributed by atoms with Crippen LogP contribution in [0.1, 0.15) is 42.7 Å². The molecule has 1 N–H and O–H groups in total. The van der Waals surface area contributed by atoms with Crippen molar-refractivity contribution in [2.24, 2.45) is 0 Å². The molecule has 1 unspecified atom stereocenters. The number of carbonyl (C=O) groups excluding carboxylic acids is 1. The zero-order chi connectivity index (χ0) is 20.4. The average Bonchev–Trinajstić information content (AvgIpc) is 2.63. The molecule has 0 heterocycles. The maximum atomic E-state index is 13.3. The number of carbonyl (C=O) groups is 1. The molecule has 0 radical (unpaired) electrons. The van der Waals surface area contributed by atoms with Gasteiger partial charge in [-0.25, -0.2) is 17.2 Å². The third kappa shape index (κ3) is 4.70. The number of rotatable bonds is 6. The molecule has 0 fully saturated rings. The molecule has 2 rings (SSSR count). The summed E-state index contributed by atoms with van der Waals surface area (Å²) in [5.41, 5.74) is 0.676. The molecule has 0 aliphatic heterocycles. The van der Waals surface area contributed by atoms with Crippen molar-refractivity contribution in [3.05, 3.63) is 65.2 Å². The molecule has 27 heavy (non-hydrogen) atoms. The molecule has 0 bridgehead atoms. The van der Waals surface area contributed by atoms with Crippen LogP contribution in [0.15, 0.2) is 47.4 Å². The summed E-state index contributed by atoms with van der Waals surface area (Å²) < 4.78 is 52.5. The highest BCUT2D eigenvalue weighted by atomic mass is 32.2.